The van der Waals surface area contributed by atoms with Crippen molar-refractivity contribution in [3.8, 4) is 0 Å². The number of rotatable bonds is 2. The second-order valence-corrected chi connectivity index (χ2v) is 4.86. The van der Waals surface area contributed by atoms with Crippen molar-refractivity contribution in [3.05, 3.63) is 46.0 Å². The molecule has 0 radical (unpaired) electrons. The lowest BCUT2D eigenvalue weighted by Crippen LogP contribution is -1.89. The Hall–Kier alpha value is -2.14. The minimum Gasteiger partial charge on any atom is -0.396 e. The van der Waals surface area contributed by atoms with Crippen LogP contribution in [0.2, 0.25) is 0 Å². The Kier molecular flexibility index (Phi) is 2.60. The molecule has 5 heteroatoms. The molecule has 2 heterocycles. The summed E-state index contributed by atoms with van der Waals surface area (Å²) in [5.41, 5.74) is 7.10. The van der Waals surface area contributed by atoms with Crippen LogP contribution in [-0.2, 0) is 0 Å². The van der Waals surface area contributed by atoms with E-state index in [9.17, 15) is 4.39 Å². The molecule has 0 saturated heterocycles. The molecule has 0 aliphatic heterocycles. The van der Waals surface area contributed by atoms with Crippen LogP contribution in [-0.4, -0.2) is 10.2 Å². The average molecular weight is 259 g/mol. The van der Waals surface area contributed by atoms with Crippen molar-refractivity contribution in [1.29, 1.82) is 0 Å². The number of halogens is 1. The van der Waals surface area contributed by atoms with E-state index in [0.717, 1.165) is 16.0 Å². The predicted molar refractivity (Wildman–Crippen MR) is 73.7 cm³/mol. The molecule has 3 aromatic rings. The average Bonchev–Trinajstić information content (AvgIpc) is 2.97. The van der Waals surface area contributed by atoms with E-state index in [4.69, 9.17) is 5.73 Å². The van der Waals surface area contributed by atoms with Crippen LogP contribution in [0.4, 0.5) is 10.1 Å². The molecule has 18 heavy (non-hydrogen) atoms. The van der Waals surface area contributed by atoms with Crippen molar-refractivity contribution >= 4 is 40.1 Å². The molecule has 0 aliphatic rings. The second kappa shape index (κ2) is 4.27. The van der Waals surface area contributed by atoms with Gasteiger partial charge in [0.15, 0.2) is 0 Å². The maximum Gasteiger partial charge on any atom is 0.148 e. The summed E-state index contributed by atoms with van der Waals surface area (Å²) in [5.74, 6) is -0.431. The van der Waals surface area contributed by atoms with Gasteiger partial charge in [-0.05, 0) is 29.7 Å². The lowest BCUT2D eigenvalue weighted by molar-refractivity contribution is 0.634. The fourth-order valence-electron chi connectivity index (χ4n) is 1.75. The molecule has 0 fully saturated rings. The highest BCUT2D eigenvalue weighted by atomic mass is 32.1. The van der Waals surface area contributed by atoms with Crippen LogP contribution in [0.3, 0.4) is 0 Å². The Morgan fingerprint density at radius 2 is 2.22 bits per heavy atom. The van der Waals surface area contributed by atoms with Crippen molar-refractivity contribution in [2.75, 3.05) is 5.73 Å². The smallest absolute Gasteiger partial charge is 0.148 e. The van der Waals surface area contributed by atoms with Gasteiger partial charge >= 0.3 is 0 Å². The zero-order valence-electron chi connectivity index (χ0n) is 9.35. The first-order valence-corrected chi connectivity index (χ1v) is 6.27. The molecule has 0 saturated carbocycles. The third kappa shape index (κ3) is 1.89. The molecule has 1 aromatic carbocycles. The lowest BCUT2D eigenvalue weighted by Gasteiger charge is -1.96. The van der Waals surface area contributed by atoms with Crippen molar-refractivity contribution in [2.45, 2.75) is 0 Å². The van der Waals surface area contributed by atoms with Gasteiger partial charge in [0.25, 0.3) is 0 Å². The molecule has 0 unspecified atom stereocenters. The summed E-state index contributed by atoms with van der Waals surface area (Å²) in [7, 11) is 0. The van der Waals surface area contributed by atoms with Gasteiger partial charge in [0.1, 0.15) is 5.82 Å². The van der Waals surface area contributed by atoms with E-state index >= 15 is 0 Å². The van der Waals surface area contributed by atoms with E-state index in [1.807, 2.05) is 29.7 Å². The van der Waals surface area contributed by atoms with Gasteiger partial charge in [0, 0.05) is 16.3 Å². The predicted octanol–water partition coefficient (Wildman–Crippen LogP) is 3.52. The van der Waals surface area contributed by atoms with Gasteiger partial charge in [-0.15, -0.1) is 11.3 Å². The zero-order valence-corrected chi connectivity index (χ0v) is 10.2. The SMILES string of the molecule is Nc1cc2c(C=Cc3cccs3)n[nH]c2cc1F. The molecule has 3 nitrogen and oxygen atoms in total. The minimum absolute atomic E-state index is 0.134. The maximum absolute atomic E-state index is 13.3. The second-order valence-electron chi connectivity index (χ2n) is 3.88. The molecule has 2 aromatic heterocycles. The van der Waals surface area contributed by atoms with Crippen molar-refractivity contribution in [1.82, 2.24) is 10.2 Å². The monoisotopic (exact) mass is 259 g/mol. The highest BCUT2D eigenvalue weighted by Crippen LogP contribution is 2.23. The molecule has 3 N–H and O–H groups in total. The van der Waals surface area contributed by atoms with Gasteiger partial charge in [-0.3, -0.25) is 5.10 Å². The summed E-state index contributed by atoms with van der Waals surface area (Å²) in [6.45, 7) is 0. The van der Waals surface area contributed by atoms with Gasteiger partial charge in [-0.25, -0.2) is 4.39 Å². The Morgan fingerprint density at radius 1 is 1.33 bits per heavy atom. The molecule has 90 valence electrons. The number of nitrogen functional groups attached to an aromatic ring is 1. The molecular weight excluding hydrogens is 249 g/mol. The first-order valence-electron chi connectivity index (χ1n) is 5.39. The first kappa shape index (κ1) is 11.0. The summed E-state index contributed by atoms with van der Waals surface area (Å²) in [6.07, 6.45) is 3.86. The number of thiophene rings is 1. The first-order chi connectivity index (χ1) is 8.74. The largest absolute Gasteiger partial charge is 0.396 e. The van der Waals surface area contributed by atoms with E-state index in [2.05, 4.69) is 10.2 Å². The van der Waals surface area contributed by atoms with Gasteiger partial charge in [-0.1, -0.05) is 6.07 Å². The third-order valence-corrected chi connectivity index (χ3v) is 3.50. The maximum atomic E-state index is 13.3. The number of hydrogen-bond donors (Lipinski definition) is 2. The normalized spacial score (nSPS) is 11.6. The number of aromatic nitrogens is 2. The fourth-order valence-corrected chi connectivity index (χ4v) is 2.37. The molecule has 0 bridgehead atoms. The van der Waals surface area contributed by atoms with Crippen LogP contribution in [0.5, 0.6) is 0 Å². The van der Waals surface area contributed by atoms with Crippen LogP contribution in [0.1, 0.15) is 10.6 Å². The molecule has 0 aliphatic carbocycles. The van der Waals surface area contributed by atoms with Crippen LogP contribution in [0.15, 0.2) is 29.6 Å². The Balaban J connectivity index is 2.05. The number of fused-ring (bicyclic) bond motifs is 1. The Bertz CT molecular complexity index is 713. The highest BCUT2D eigenvalue weighted by molar-refractivity contribution is 7.10. The number of H-pyrrole nitrogens is 1. The molecule has 0 spiro atoms. The molecule has 3 rings (SSSR count). The third-order valence-electron chi connectivity index (χ3n) is 2.66. The van der Waals surface area contributed by atoms with E-state index in [0.29, 0.717) is 5.52 Å². The van der Waals surface area contributed by atoms with Crippen LogP contribution >= 0.6 is 11.3 Å². The van der Waals surface area contributed by atoms with Crippen molar-refractivity contribution < 1.29 is 4.39 Å². The molecule has 0 amide bonds. The number of hydrogen-bond acceptors (Lipinski definition) is 3. The minimum atomic E-state index is -0.431. The number of nitrogens with two attached hydrogens (primary N) is 1. The van der Waals surface area contributed by atoms with Gasteiger partial charge in [0.2, 0.25) is 0 Å². The summed E-state index contributed by atoms with van der Waals surface area (Å²) in [5, 5.41) is 9.77. The lowest BCUT2D eigenvalue weighted by atomic mass is 10.1. The number of anilines is 1. The topological polar surface area (TPSA) is 54.7 Å². The number of nitrogens with one attached hydrogen (secondary N) is 1. The van der Waals surface area contributed by atoms with Crippen LogP contribution in [0, 0.1) is 5.82 Å². The van der Waals surface area contributed by atoms with Crippen LogP contribution in [0.25, 0.3) is 23.1 Å². The summed E-state index contributed by atoms with van der Waals surface area (Å²) in [6, 6.07) is 6.97. The van der Waals surface area contributed by atoms with Crippen LogP contribution < -0.4 is 5.73 Å². The highest BCUT2D eigenvalue weighted by Gasteiger charge is 2.07. The van der Waals surface area contributed by atoms with Gasteiger partial charge < -0.3 is 5.73 Å². The number of benzene rings is 1. The van der Waals surface area contributed by atoms with Gasteiger partial charge in [0.05, 0.1) is 16.9 Å². The number of aromatic amines is 1. The summed E-state index contributed by atoms with van der Waals surface area (Å²) < 4.78 is 13.3. The quantitative estimate of drug-likeness (QED) is 0.692. The Morgan fingerprint density at radius 3 is 3.00 bits per heavy atom. The zero-order chi connectivity index (χ0) is 12.5. The Labute approximate surface area is 107 Å². The van der Waals surface area contributed by atoms with E-state index in [1.54, 1.807) is 17.4 Å². The molecular formula is C13H10FN3S. The van der Waals surface area contributed by atoms with E-state index in [-0.39, 0.29) is 5.69 Å². The molecule has 0 atom stereocenters. The summed E-state index contributed by atoms with van der Waals surface area (Å²) in [4.78, 5) is 1.14. The standard InChI is InChI=1S/C13H10FN3S/c14-10-7-13-9(6-11(10)15)12(16-17-13)4-3-8-2-1-5-18-8/h1-7H,15H2,(H,16,17). The fraction of sp³-hybridized carbons (Fsp3) is 0. The van der Waals surface area contributed by atoms with Crippen molar-refractivity contribution in [3.63, 3.8) is 0 Å². The van der Waals surface area contributed by atoms with E-state index in [1.165, 1.54) is 6.07 Å². The van der Waals surface area contributed by atoms with E-state index < -0.39 is 5.82 Å². The summed E-state index contributed by atoms with van der Waals surface area (Å²) >= 11 is 1.65. The van der Waals surface area contributed by atoms with Crippen molar-refractivity contribution in [2.24, 2.45) is 0 Å². The number of nitrogens with zero attached hydrogens (tertiary/aromatic N) is 1. The van der Waals surface area contributed by atoms with Gasteiger partial charge in [-0.2, -0.15) is 5.10 Å².